The summed E-state index contributed by atoms with van der Waals surface area (Å²) < 4.78 is 23.7. The first-order valence-electron chi connectivity index (χ1n) is 3.11. The van der Waals surface area contributed by atoms with Gasteiger partial charge in [-0.25, -0.2) is 8.42 Å². The van der Waals surface area contributed by atoms with Crippen molar-refractivity contribution in [1.29, 1.82) is 0 Å². The van der Waals surface area contributed by atoms with Crippen LogP contribution in [0.15, 0.2) is 30.3 Å². The molecule has 1 N–H and O–H groups in total. The van der Waals surface area contributed by atoms with E-state index in [-0.39, 0.29) is 29.6 Å². The molecule has 0 amide bonds. The zero-order valence-electron chi connectivity index (χ0n) is 7.11. The fourth-order valence-corrected chi connectivity index (χ4v) is 1.28. The van der Waals surface area contributed by atoms with E-state index >= 15 is 0 Å². The van der Waals surface area contributed by atoms with Gasteiger partial charge >= 0.3 is 0 Å². The monoisotopic (exact) mass is 194 g/mol. The number of nitrogens with one attached hydrogen (secondary N) is 1. The average Bonchev–Trinajstić information content (AvgIpc) is 1.85. The number of anilines is 1. The van der Waals surface area contributed by atoms with E-state index in [1.54, 1.807) is 24.3 Å². The quantitative estimate of drug-likeness (QED) is 0.703. The number of hydrogen-bond acceptors (Lipinski definition) is 2. The molecule has 61 valence electrons. The summed E-state index contributed by atoms with van der Waals surface area (Å²) in [5.74, 6) is 0. The SMILES string of the molecule is CS(=O)(=O)Nc1ccccc1.[Na]. The van der Waals surface area contributed by atoms with Gasteiger partial charge in [-0.15, -0.1) is 0 Å². The minimum atomic E-state index is -3.13. The Balaban J connectivity index is 0.00000121. The minimum absolute atomic E-state index is 0. The van der Waals surface area contributed by atoms with Gasteiger partial charge in [0.2, 0.25) is 10.0 Å². The summed E-state index contributed by atoms with van der Waals surface area (Å²) in [6.07, 6.45) is 1.12. The average molecular weight is 194 g/mol. The van der Waals surface area contributed by atoms with Crippen LogP contribution in [0.25, 0.3) is 0 Å². The van der Waals surface area contributed by atoms with Crippen LogP contribution in [0, 0.1) is 0 Å². The van der Waals surface area contributed by atoms with Gasteiger partial charge in [-0.3, -0.25) is 4.72 Å². The van der Waals surface area contributed by atoms with E-state index in [1.165, 1.54) is 0 Å². The second-order valence-electron chi connectivity index (χ2n) is 2.24. The van der Waals surface area contributed by atoms with E-state index in [4.69, 9.17) is 0 Å². The van der Waals surface area contributed by atoms with Crippen molar-refractivity contribution in [1.82, 2.24) is 0 Å². The van der Waals surface area contributed by atoms with Crippen molar-refractivity contribution in [3.8, 4) is 0 Å². The standard InChI is InChI=1S/C7H9NO2S.Na/c1-11(9,10)8-7-5-3-2-4-6-7;/h2-6,8H,1H3;. The van der Waals surface area contributed by atoms with Gasteiger partial charge < -0.3 is 0 Å². The van der Waals surface area contributed by atoms with Gasteiger partial charge in [0, 0.05) is 35.2 Å². The van der Waals surface area contributed by atoms with Crippen LogP contribution in [0.2, 0.25) is 0 Å². The molecule has 12 heavy (non-hydrogen) atoms. The van der Waals surface area contributed by atoms with Crippen LogP contribution in [0.1, 0.15) is 0 Å². The maximum absolute atomic E-state index is 10.7. The first-order chi connectivity index (χ1) is 5.08. The normalized spacial score (nSPS) is 10.1. The second-order valence-corrected chi connectivity index (χ2v) is 3.99. The predicted molar refractivity (Wildman–Crippen MR) is 50.7 cm³/mol. The van der Waals surface area contributed by atoms with Gasteiger partial charge in [0.1, 0.15) is 0 Å². The van der Waals surface area contributed by atoms with Crippen LogP contribution in [0.5, 0.6) is 0 Å². The van der Waals surface area contributed by atoms with E-state index < -0.39 is 10.0 Å². The first-order valence-corrected chi connectivity index (χ1v) is 5.00. The zero-order chi connectivity index (χ0) is 8.32. The molecule has 1 rings (SSSR count). The van der Waals surface area contributed by atoms with Crippen LogP contribution >= 0.6 is 0 Å². The van der Waals surface area contributed by atoms with Gasteiger partial charge in [-0.1, -0.05) is 18.2 Å². The van der Waals surface area contributed by atoms with Crippen LogP contribution in [0.3, 0.4) is 0 Å². The third-order valence-corrected chi connectivity index (χ3v) is 1.68. The third kappa shape index (κ3) is 4.77. The van der Waals surface area contributed by atoms with Crippen LogP contribution in [0.4, 0.5) is 5.69 Å². The summed E-state index contributed by atoms with van der Waals surface area (Å²) >= 11 is 0. The molecule has 0 aromatic heterocycles. The van der Waals surface area contributed by atoms with Gasteiger partial charge in [-0.2, -0.15) is 0 Å². The molecule has 5 heteroatoms. The molecule has 0 heterocycles. The molecule has 0 aliphatic heterocycles. The topological polar surface area (TPSA) is 46.2 Å². The van der Waals surface area contributed by atoms with Gasteiger partial charge in [0.05, 0.1) is 6.26 Å². The Labute approximate surface area is 94.5 Å². The predicted octanol–water partition coefficient (Wildman–Crippen LogP) is 0.677. The Hall–Kier alpha value is -0.0300. The van der Waals surface area contributed by atoms with Gasteiger partial charge in [0.25, 0.3) is 0 Å². The molecule has 0 aliphatic rings. The number of hydrogen-bond donors (Lipinski definition) is 1. The van der Waals surface area contributed by atoms with Crippen molar-refractivity contribution in [2.45, 2.75) is 0 Å². The maximum Gasteiger partial charge on any atom is 0.229 e. The molecule has 1 aromatic rings. The molecular weight excluding hydrogens is 185 g/mol. The van der Waals surface area contributed by atoms with Crippen molar-refractivity contribution in [3.05, 3.63) is 30.3 Å². The Morgan fingerprint density at radius 2 is 1.67 bits per heavy atom. The van der Waals surface area contributed by atoms with Crippen molar-refractivity contribution in [3.63, 3.8) is 0 Å². The van der Waals surface area contributed by atoms with Crippen molar-refractivity contribution >= 4 is 45.3 Å². The van der Waals surface area contributed by atoms with E-state index in [9.17, 15) is 8.42 Å². The molecule has 0 atom stereocenters. The molecule has 0 saturated carbocycles. The van der Waals surface area contributed by atoms with Crippen LogP contribution in [-0.2, 0) is 10.0 Å². The number of rotatable bonds is 2. The number of sulfonamides is 1. The summed E-state index contributed by atoms with van der Waals surface area (Å²) in [6.45, 7) is 0. The van der Waals surface area contributed by atoms with E-state index in [0.29, 0.717) is 5.69 Å². The number of benzene rings is 1. The smallest absolute Gasteiger partial charge is 0.229 e. The van der Waals surface area contributed by atoms with Gasteiger partial charge in [0.15, 0.2) is 0 Å². The Morgan fingerprint density at radius 3 is 2.08 bits per heavy atom. The van der Waals surface area contributed by atoms with E-state index in [1.807, 2.05) is 6.07 Å². The molecule has 0 saturated heterocycles. The van der Waals surface area contributed by atoms with Crippen LogP contribution in [-0.4, -0.2) is 44.2 Å². The Kier molecular flexibility index (Phi) is 4.85. The fourth-order valence-electron chi connectivity index (χ4n) is 0.720. The Morgan fingerprint density at radius 1 is 1.17 bits per heavy atom. The molecule has 1 radical (unpaired) electrons. The molecule has 0 bridgehead atoms. The molecule has 0 fully saturated rings. The molecule has 3 nitrogen and oxygen atoms in total. The molecule has 0 unspecified atom stereocenters. The minimum Gasteiger partial charge on any atom is -0.284 e. The third-order valence-electron chi connectivity index (χ3n) is 1.08. The Bertz CT molecular complexity index is 323. The van der Waals surface area contributed by atoms with Crippen molar-refractivity contribution in [2.24, 2.45) is 0 Å². The summed E-state index contributed by atoms with van der Waals surface area (Å²) in [5, 5.41) is 0. The summed E-state index contributed by atoms with van der Waals surface area (Å²) in [4.78, 5) is 0. The molecule has 1 aromatic carbocycles. The second kappa shape index (κ2) is 4.87. The van der Waals surface area contributed by atoms with Crippen LogP contribution < -0.4 is 4.72 Å². The largest absolute Gasteiger partial charge is 0.284 e. The summed E-state index contributed by atoms with van der Waals surface area (Å²) in [6, 6.07) is 8.76. The fraction of sp³-hybridized carbons (Fsp3) is 0.143. The summed E-state index contributed by atoms with van der Waals surface area (Å²) in [7, 11) is -3.13. The number of para-hydroxylation sites is 1. The zero-order valence-corrected chi connectivity index (χ0v) is 9.93. The van der Waals surface area contributed by atoms with E-state index in [2.05, 4.69) is 4.72 Å². The first kappa shape index (κ1) is 12.0. The van der Waals surface area contributed by atoms with E-state index in [0.717, 1.165) is 6.26 Å². The molecule has 0 aliphatic carbocycles. The van der Waals surface area contributed by atoms with Crippen molar-refractivity contribution in [2.75, 3.05) is 11.0 Å². The maximum atomic E-state index is 10.7. The molecular formula is C7H9NNaO2S. The summed E-state index contributed by atoms with van der Waals surface area (Å²) in [5.41, 5.74) is 0.593. The van der Waals surface area contributed by atoms with Gasteiger partial charge in [-0.05, 0) is 12.1 Å². The van der Waals surface area contributed by atoms with Crippen molar-refractivity contribution < 1.29 is 8.42 Å². The molecule has 0 spiro atoms.